The number of hydrogen-bond acceptors (Lipinski definition) is 7. The molecule has 0 saturated carbocycles. The third kappa shape index (κ3) is 6.89. The normalized spacial score (nSPS) is 10.3. The lowest BCUT2D eigenvalue weighted by molar-refractivity contribution is -0.139. The second-order valence-electron chi connectivity index (χ2n) is 6.60. The van der Waals surface area contributed by atoms with Gasteiger partial charge in [0.05, 0.1) is 4.90 Å². The maximum absolute atomic E-state index is 11.3. The van der Waals surface area contributed by atoms with Gasteiger partial charge in [0, 0.05) is 27.8 Å². The monoisotopic (exact) mass is 464 g/mol. The van der Waals surface area contributed by atoms with Crippen LogP contribution >= 0.6 is 11.8 Å². The van der Waals surface area contributed by atoms with Gasteiger partial charge in [-0.2, -0.15) is 0 Å². The van der Waals surface area contributed by atoms with E-state index in [4.69, 9.17) is 18.9 Å². The van der Waals surface area contributed by atoms with Gasteiger partial charge in [0.1, 0.15) is 37.9 Å². The van der Waals surface area contributed by atoms with E-state index in [2.05, 4.69) is 13.2 Å². The summed E-state index contributed by atoms with van der Waals surface area (Å²) in [6.45, 7) is 7.35. The molecule has 3 aromatic rings. The zero-order chi connectivity index (χ0) is 23.5. The van der Waals surface area contributed by atoms with Crippen LogP contribution in [0.4, 0.5) is 0 Å². The van der Waals surface area contributed by atoms with Gasteiger partial charge in [0.15, 0.2) is 0 Å². The van der Waals surface area contributed by atoms with Crippen molar-refractivity contribution in [1.29, 1.82) is 0 Å². The third-order valence-corrected chi connectivity index (χ3v) is 5.42. The molecule has 0 aromatic heterocycles. The van der Waals surface area contributed by atoms with Crippen LogP contribution in [-0.4, -0.2) is 38.4 Å². The molecule has 33 heavy (non-hydrogen) atoms. The van der Waals surface area contributed by atoms with E-state index in [0.717, 1.165) is 32.7 Å². The Bertz CT molecular complexity index is 1130. The summed E-state index contributed by atoms with van der Waals surface area (Å²) in [7, 11) is 0. The van der Waals surface area contributed by atoms with E-state index < -0.39 is 11.9 Å². The van der Waals surface area contributed by atoms with E-state index >= 15 is 0 Å². The van der Waals surface area contributed by atoms with Crippen molar-refractivity contribution >= 4 is 34.5 Å². The second-order valence-corrected chi connectivity index (χ2v) is 7.72. The second kappa shape index (κ2) is 12.4. The first-order chi connectivity index (χ1) is 16.1. The van der Waals surface area contributed by atoms with Crippen molar-refractivity contribution < 1.29 is 28.5 Å². The number of rotatable bonds is 12. The van der Waals surface area contributed by atoms with E-state index in [9.17, 15) is 9.59 Å². The summed E-state index contributed by atoms with van der Waals surface area (Å²) in [5.41, 5.74) is 0. The third-order valence-electron chi connectivity index (χ3n) is 4.39. The molecule has 0 aliphatic rings. The molecule has 0 aliphatic heterocycles. The molecule has 3 aromatic carbocycles. The van der Waals surface area contributed by atoms with Crippen LogP contribution in [0.15, 0.2) is 95.8 Å². The Morgan fingerprint density at radius 2 is 1.33 bits per heavy atom. The van der Waals surface area contributed by atoms with Crippen molar-refractivity contribution in [2.75, 3.05) is 26.4 Å². The topological polar surface area (TPSA) is 71.1 Å². The molecule has 0 amide bonds. The van der Waals surface area contributed by atoms with Gasteiger partial charge in [0.2, 0.25) is 0 Å². The summed E-state index contributed by atoms with van der Waals surface area (Å²) in [5.74, 6) is 0.316. The lowest BCUT2D eigenvalue weighted by atomic mass is 10.1. The van der Waals surface area contributed by atoms with Gasteiger partial charge in [-0.3, -0.25) is 0 Å². The van der Waals surface area contributed by atoms with Crippen molar-refractivity contribution in [1.82, 2.24) is 0 Å². The van der Waals surface area contributed by atoms with E-state index in [1.807, 2.05) is 60.7 Å². The number of esters is 2. The molecule has 0 spiro atoms. The highest BCUT2D eigenvalue weighted by molar-refractivity contribution is 7.99. The van der Waals surface area contributed by atoms with Gasteiger partial charge in [-0.25, -0.2) is 9.59 Å². The van der Waals surface area contributed by atoms with Crippen LogP contribution in [0.25, 0.3) is 10.8 Å². The highest BCUT2D eigenvalue weighted by atomic mass is 32.2. The fraction of sp³-hybridized carbons (Fsp3) is 0.154. The van der Waals surface area contributed by atoms with E-state index in [0.29, 0.717) is 11.5 Å². The number of carbonyl (C=O) groups excluding carboxylic acids is 2. The predicted molar refractivity (Wildman–Crippen MR) is 128 cm³/mol. The van der Waals surface area contributed by atoms with Crippen molar-refractivity contribution in [2.45, 2.75) is 9.79 Å². The summed E-state index contributed by atoms with van der Waals surface area (Å²) in [4.78, 5) is 24.5. The lowest BCUT2D eigenvalue weighted by Crippen LogP contribution is -2.12. The average molecular weight is 465 g/mol. The first-order valence-corrected chi connectivity index (χ1v) is 11.1. The summed E-state index contributed by atoms with van der Waals surface area (Å²) in [6.07, 6.45) is 2.23. The number of fused-ring (bicyclic) bond motifs is 1. The molecular formula is C26H24O6S. The molecule has 0 radical (unpaired) electrons. The minimum atomic E-state index is -0.497. The SMILES string of the molecule is C=CC(=O)OCCOc1cc(Sc2ccccc2)c(OCCOC(=O)C=C)c2ccccc12. The summed E-state index contributed by atoms with van der Waals surface area (Å²) in [6, 6.07) is 19.5. The minimum Gasteiger partial charge on any atom is -0.489 e. The van der Waals surface area contributed by atoms with Gasteiger partial charge < -0.3 is 18.9 Å². The number of hydrogen-bond donors (Lipinski definition) is 0. The van der Waals surface area contributed by atoms with Gasteiger partial charge in [-0.1, -0.05) is 67.4 Å². The van der Waals surface area contributed by atoms with Crippen LogP contribution in [0.2, 0.25) is 0 Å². The molecule has 0 heterocycles. The summed E-state index contributed by atoms with van der Waals surface area (Å²) >= 11 is 1.53. The van der Waals surface area contributed by atoms with Gasteiger partial charge in [0.25, 0.3) is 0 Å². The van der Waals surface area contributed by atoms with Crippen molar-refractivity contribution in [3.63, 3.8) is 0 Å². The zero-order valence-electron chi connectivity index (χ0n) is 18.0. The lowest BCUT2D eigenvalue weighted by Gasteiger charge is -2.18. The molecule has 3 rings (SSSR count). The fourth-order valence-corrected chi connectivity index (χ4v) is 3.92. The smallest absolute Gasteiger partial charge is 0.330 e. The molecule has 6 nitrogen and oxygen atoms in total. The first-order valence-electron chi connectivity index (χ1n) is 10.2. The summed E-state index contributed by atoms with van der Waals surface area (Å²) < 4.78 is 22.1. The van der Waals surface area contributed by atoms with Crippen LogP contribution in [-0.2, 0) is 19.1 Å². The van der Waals surface area contributed by atoms with Gasteiger partial charge in [-0.15, -0.1) is 0 Å². The van der Waals surface area contributed by atoms with Crippen molar-refractivity contribution in [2.24, 2.45) is 0 Å². The zero-order valence-corrected chi connectivity index (χ0v) is 18.8. The molecule has 170 valence electrons. The molecule has 0 bridgehead atoms. The Kier molecular flexibility index (Phi) is 8.97. The fourth-order valence-electron chi connectivity index (χ4n) is 2.95. The molecule has 0 aliphatic carbocycles. The highest BCUT2D eigenvalue weighted by Crippen LogP contribution is 2.44. The minimum absolute atomic E-state index is 0.0988. The number of benzene rings is 3. The maximum Gasteiger partial charge on any atom is 0.330 e. The van der Waals surface area contributed by atoms with Gasteiger partial charge in [-0.05, 0) is 18.2 Å². The molecule has 0 saturated heterocycles. The molecule has 0 unspecified atom stereocenters. The quantitative estimate of drug-likeness (QED) is 0.207. The van der Waals surface area contributed by atoms with E-state index in [1.165, 1.54) is 11.8 Å². The van der Waals surface area contributed by atoms with Crippen LogP contribution in [0, 0.1) is 0 Å². The Hall–Kier alpha value is -3.71. The molecule has 0 fully saturated rings. The molecule has 0 N–H and O–H groups in total. The van der Waals surface area contributed by atoms with Crippen LogP contribution < -0.4 is 9.47 Å². The van der Waals surface area contributed by atoms with Crippen molar-refractivity contribution in [3.8, 4) is 11.5 Å². The van der Waals surface area contributed by atoms with Crippen LogP contribution in [0.5, 0.6) is 11.5 Å². The Morgan fingerprint density at radius 1 is 0.758 bits per heavy atom. The van der Waals surface area contributed by atoms with Crippen LogP contribution in [0.3, 0.4) is 0 Å². The maximum atomic E-state index is 11.3. The Labute approximate surface area is 196 Å². The molecule has 7 heteroatoms. The molecule has 0 atom stereocenters. The van der Waals surface area contributed by atoms with Crippen LogP contribution in [0.1, 0.15) is 0 Å². The Balaban J connectivity index is 1.89. The first kappa shape index (κ1) is 23.9. The van der Waals surface area contributed by atoms with Gasteiger partial charge >= 0.3 is 11.9 Å². The Morgan fingerprint density at radius 3 is 1.97 bits per heavy atom. The molecular weight excluding hydrogens is 440 g/mol. The van der Waals surface area contributed by atoms with Crippen molar-refractivity contribution in [3.05, 3.63) is 86.0 Å². The highest BCUT2D eigenvalue weighted by Gasteiger charge is 2.16. The largest absolute Gasteiger partial charge is 0.489 e. The van der Waals surface area contributed by atoms with E-state index in [-0.39, 0.29) is 26.4 Å². The van der Waals surface area contributed by atoms with E-state index in [1.54, 1.807) is 0 Å². The number of ether oxygens (including phenoxy) is 4. The predicted octanol–water partition coefficient (Wildman–Crippen LogP) is 5.21. The summed E-state index contributed by atoms with van der Waals surface area (Å²) in [5, 5.41) is 1.70. The standard InChI is InChI=1S/C26H24O6S/c1-3-24(27)30-15-14-29-22-18-23(33-19-10-6-5-7-11-19)26(21-13-9-8-12-20(21)22)32-17-16-31-25(28)4-2/h3-13,18H,1-2,14-17H2. The average Bonchev–Trinajstić information content (AvgIpc) is 2.85. The number of carbonyl (C=O) groups is 2.